The quantitative estimate of drug-likeness (QED) is 0.810. The van der Waals surface area contributed by atoms with Gasteiger partial charge in [-0.25, -0.2) is 9.48 Å². The van der Waals surface area contributed by atoms with E-state index in [0.29, 0.717) is 12.4 Å². The van der Waals surface area contributed by atoms with Gasteiger partial charge in [-0.1, -0.05) is 43.7 Å². The summed E-state index contributed by atoms with van der Waals surface area (Å²) < 4.78 is 1.64. The number of carbonyl (C=O) groups excluding carboxylic acids is 2. The lowest BCUT2D eigenvalue weighted by Crippen LogP contribution is -2.40. The number of urea groups is 1. The molecule has 8 heteroatoms. The normalized spacial score (nSPS) is 20.5. The van der Waals surface area contributed by atoms with Crippen molar-refractivity contribution in [2.24, 2.45) is 0 Å². The Morgan fingerprint density at radius 1 is 1.21 bits per heavy atom. The van der Waals surface area contributed by atoms with Crippen molar-refractivity contribution in [3.63, 3.8) is 0 Å². The topological polar surface area (TPSA) is 93.0 Å². The highest BCUT2D eigenvalue weighted by molar-refractivity contribution is 6.07. The smallest absolute Gasteiger partial charge is 0.319 e. The molecule has 0 bridgehead atoms. The van der Waals surface area contributed by atoms with Crippen LogP contribution in [0.4, 0.5) is 4.79 Å². The molecule has 0 aliphatic carbocycles. The molecule has 24 heavy (non-hydrogen) atoms. The maximum absolute atomic E-state index is 12.9. The van der Waals surface area contributed by atoms with E-state index >= 15 is 0 Å². The predicted octanol–water partition coefficient (Wildman–Crippen LogP) is 1.44. The van der Waals surface area contributed by atoms with Gasteiger partial charge in [-0.2, -0.15) is 0 Å². The number of tetrazole rings is 1. The van der Waals surface area contributed by atoms with Gasteiger partial charge >= 0.3 is 6.03 Å². The molecular weight excluding hydrogens is 308 g/mol. The fourth-order valence-corrected chi connectivity index (χ4v) is 2.77. The molecule has 1 aromatic carbocycles. The second-order valence-corrected chi connectivity index (χ2v) is 5.98. The van der Waals surface area contributed by atoms with E-state index in [4.69, 9.17) is 0 Å². The van der Waals surface area contributed by atoms with E-state index in [1.165, 1.54) is 4.90 Å². The molecule has 1 N–H and O–H groups in total. The standard InChI is InChI=1S/C16H20N6O2/c1-3-4-10-22-13(18-19-20-22)11-21-14(23)16(2,17-15(21)24)12-8-6-5-7-9-12/h5-9H,3-4,10-11H2,1-2H3,(H,17,24)/t16-/m0/s1. The Morgan fingerprint density at radius 2 is 1.96 bits per heavy atom. The SMILES string of the molecule is CCCCn1nnnc1CN1C(=O)N[C@@](C)(c2ccccc2)C1=O. The fourth-order valence-electron chi connectivity index (χ4n) is 2.77. The van der Waals surface area contributed by atoms with Crippen LogP contribution in [0.3, 0.4) is 0 Å². The van der Waals surface area contributed by atoms with Crippen molar-refractivity contribution >= 4 is 11.9 Å². The van der Waals surface area contributed by atoms with Crippen LogP contribution in [-0.4, -0.2) is 37.0 Å². The summed E-state index contributed by atoms with van der Waals surface area (Å²) in [5, 5.41) is 14.3. The Bertz CT molecular complexity index is 744. The van der Waals surface area contributed by atoms with Gasteiger partial charge in [0, 0.05) is 6.54 Å². The summed E-state index contributed by atoms with van der Waals surface area (Å²) in [5.41, 5.74) is -0.323. The maximum Gasteiger partial charge on any atom is 0.325 e. The average molecular weight is 328 g/mol. The molecule has 0 spiro atoms. The Kier molecular flexibility index (Phi) is 4.28. The minimum atomic E-state index is -1.07. The first-order chi connectivity index (χ1) is 11.6. The van der Waals surface area contributed by atoms with Gasteiger partial charge in [0.1, 0.15) is 5.54 Å². The molecule has 1 aromatic heterocycles. The van der Waals surface area contributed by atoms with Crippen molar-refractivity contribution < 1.29 is 9.59 Å². The number of carbonyl (C=O) groups is 2. The molecule has 126 valence electrons. The Hall–Kier alpha value is -2.77. The zero-order valence-corrected chi connectivity index (χ0v) is 13.8. The third kappa shape index (κ3) is 2.75. The zero-order chi connectivity index (χ0) is 17.2. The van der Waals surface area contributed by atoms with Crippen molar-refractivity contribution in [1.82, 2.24) is 30.4 Å². The van der Waals surface area contributed by atoms with E-state index in [1.807, 2.05) is 30.3 Å². The second kappa shape index (κ2) is 6.38. The van der Waals surface area contributed by atoms with E-state index < -0.39 is 11.6 Å². The Morgan fingerprint density at radius 3 is 2.67 bits per heavy atom. The van der Waals surface area contributed by atoms with Gasteiger partial charge in [-0.05, 0) is 29.3 Å². The van der Waals surface area contributed by atoms with Gasteiger partial charge in [0.15, 0.2) is 5.82 Å². The van der Waals surface area contributed by atoms with Crippen molar-refractivity contribution in [1.29, 1.82) is 0 Å². The zero-order valence-electron chi connectivity index (χ0n) is 13.8. The summed E-state index contributed by atoms with van der Waals surface area (Å²) >= 11 is 0. The fraction of sp³-hybridized carbons (Fsp3) is 0.438. The second-order valence-electron chi connectivity index (χ2n) is 5.98. The van der Waals surface area contributed by atoms with E-state index in [9.17, 15) is 9.59 Å². The first-order valence-corrected chi connectivity index (χ1v) is 8.01. The van der Waals surface area contributed by atoms with Gasteiger partial charge in [0.05, 0.1) is 6.54 Å². The number of nitrogens with zero attached hydrogens (tertiary/aromatic N) is 5. The molecule has 0 radical (unpaired) electrons. The van der Waals surface area contributed by atoms with Crippen LogP contribution in [0.5, 0.6) is 0 Å². The van der Waals surface area contributed by atoms with Crippen molar-refractivity contribution in [3.8, 4) is 0 Å². The van der Waals surface area contributed by atoms with E-state index in [1.54, 1.807) is 11.6 Å². The van der Waals surface area contributed by atoms with Crippen LogP contribution in [0, 0.1) is 0 Å². The summed E-state index contributed by atoms with van der Waals surface area (Å²) in [5.74, 6) is 0.202. The highest BCUT2D eigenvalue weighted by Gasteiger charge is 2.49. The Balaban J connectivity index is 1.82. The number of aryl methyl sites for hydroxylation is 1. The first kappa shape index (κ1) is 16.1. The number of unbranched alkanes of at least 4 members (excludes halogenated alkanes) is 1. The van der Waals surface area contributed by atoms with Crippen LogP contribution in [0.15, 0.2) is 30.3 Å². The molecular formula is C16H20N6O2. The number of nitrogens with one attached hydrogen (secondary N) is 1. The lowest BCUT2D eigenvalue weighted by molar-refractivity contribution is -0.131. The molecule has 8 nitrogen and oxygen atoms in total. The third-order valence-electron chi connectivity index (χ3n) is 4.26. The van der Waals surface area contributed by atoms with E-state index in [-0.39, 0.29) is 12.5 Å². The maximum atomic E-state index is 12.9. The van der Waals surface area contributed by atoms with Gasteiger partial charge in [0.2, 0.25) is 0 Å². The number of amides is 3. The summed E-state index contributed by atoms with van der Waals surface area (Å²) in [6.45, 7) is 4.51. The Labute approximate surface area is 139 Å². The van der Waals surface area contributed by atoms with Crippen LogP contribution in [-0.2, 0) is 23.4 Å². The largest absolute Gasteiger partial charge is 0.325 e. The van der Waals surface area contributed by atoms with E-state index in [2.05, 4.69) is 27.8 Å². The third-order valence-corrected chi connectivity index (χ3v) is 4.26. The number of imide groups is 1. The molecule has 1 aliphatic rings. The number of rotatable bonds is 6. The van der Waals surface area contributed by atoms with Crippen LogP contribution in [0.2, 0.25) is 0 Å². The monoisotopic (exact) mass is 328 g/mol. The summed E-state index contributed by atoms with van der Waals surface area (Å²) in [7, 11) is 0. The van der Waals surface area contributed by atoms with Crippen molar-refractivity contribution in [2.45, 2.75) is 45.3 Å². The molecule has 2 heterocycles. The lowest BCUT2D eigenvalue weighted by Gasteiger charge is -2.22. The highest BCUT2D eigenvalue weighted by atomic mass is 16.2. The van der Waals surface area contributed by atoms with Crippen molar-refractivity contribution in [3.05, 3.63) is 41.7 Å². The van der Waals surface area contributed by atoms with Crippen molar-refractivity contribution in [2.75, 3.05) is 0 Å². The van der Waals surface area contributed by atoms with Crippen LogP contribution < -0.4 is 5.32 Å². The highest BCUT2D eigenvalue weighted by Crippen LogP contribution is 2.29. The van der Waals surface area contributed by atoms with Gasteiger partial charge < -0.3 is 5.32 Å². The number of hydrogen-bond donors (Lipinski definition) is 1. The lowest BCUT2D eigenvalue weighted by atomic mass is 9.92. The molecule has 1 aliphatic heterocycles. The number of aromatic nitrogens is 4. The molecule has 0 saturated carbocycles. The minimum Gasteiger partial charge on any atom is -0.319 e. The average Bonchev–Trinajstić information content (AvgIpc) is 3.12. The first-order valence-electron chi connectivity index (χ1n) is 8.01. The van der Waals surface area contributed by atoms with Gasteiger partial charge in [-0.15, -0.1) is 5.10 Å². The van der Waals surface area contributed by atoms with Gasteiger partial charge in [-0.3, -0.25) is 9.69 Å². The molecule has 0 unspecified atom stereocenters. The molecule has 2 aromatic rings. The van der Waals surface area contributed by atoms with E-state index in [0.717, 1.165) is 18.4 Å². The van der Waals surface area contributed by atoms with Gasteiger partial charge in [0.25, 0.3) is 5.91 Å². The molecule has 3 amide bonds. The molecule has 1 saturated heterocycles. The van der Waals surface area contributed by atoms with Crippen LogP contribution >= 0.6 is 0 Å². The predicted molar refractivity (Wildman–Crippen MR) is 85.6 cm³/mol. The summed E-state index contributed by atoms with van der Waals surface area (Å²) in [6, 6.07) is 8.77. The molecule has 3 rings (SSSR count). The van der Waals surface area contributed by atoms with Crippen LogP contribution in [0.25, 0.3) is 0 Å². The van der Waals surface area contributed by atoms with Crippen LogP contribution in [0.1, 0.15) is 38.1 Å². The summed E-state index contributed by atoms with van der Waals surface area (Å²) in [4.78, 5) is 26.4. The minimum absolute atomic E-state index is 0.0593. The number of hydrogen-bond acceptors (Lipinski definition) is 5. The molecule has 1 atom stereocenters. The number of benzene rings is 1. The molecule has 1 fully saturated rings. The summed E-state index contributed by atoms with van der Waals surface area (Å²) in [6.07, 6.45) is 1.94.